The summed E-state index contributed by atoms with van der Waals surface area (Å²) in [7, 11) is -2.65. The molecular formula is C54H39NOSi. The second-order valence-corrected chi connectivity index (χ2v) is 18.3. The molecule has 2 nitrogen and oxygen atoms in total. The maximum Gasteiger partial charge on any atom is 0.179 e. The first-order valence-corrected chi connectivity index (χ1v) is 21.5. The van der Waals surface area contributed by atoms with Crippen LogP contribution < -0.4 is 25.6 Å². The molecule has 3 heteroatoms. The van der Waals surface area contributed by atoms with E-state index in [2.05, 4.69) is 235 Å². The van der Waals surface area contributed by atoms with Gasteiger partial charge in [0.15, 0.2) is 8.07 Å². The van der Waals surface area contributed by atoms with Crippen molar-refractivity contribution in [1.82, 2.24) is 0 Å². The maximum absolute atomic E-state index is 6.57. The van der Waals surface area contributed by atoms with E-state index in [0.717, 1.165) is 44.6 Å². The largest absolute Gasteiger partial charge is 0.456 e. The summed E-state index contributed by atoms with van der Waals surface area (Å²) in [6.45, 7) is 0. The van der Waals surface area contributed by atoms with Crippen molar-refractivity contribution in [3.05, 3.63) is 237 Å². The van der Waals surface area contributed by atoms with Crippen LogP contribution in [0.1, 0.15) is 0 Å². The number of benzene rings is 9. The molecule has 0 bridgehead atoms. The average Bonchev–Trinajstić information content (AvgIpc) is 3.66. The van der Waals surface area contributed by atoms with E-state index in [1.807, 2.05) is 6.07 Å². The monoisotopic (exact) mass is 745 g/mol. The molecule has 270 valence electrons. The fraction of sp³-hybridized carbons (Fsp3) is 0. The summed E-state index contributed by atoms with van der Waals surface area (Å²) >= 11 is 0. The van der Waals surface area contributed by atoms with Crippen molar-refractivity contribution in [2.45, 2.75) is 0 Å². The Bertz CT molecular complexity index is 2830. The molecule has 57 heavy (non-hydrogen) atoms. The van der Waals surface area contributed by atoms with Crippen LogP contribution in [0.15, 0.2) is 241 Å². The van der Waals surface area contributed by atoms with E-state index in [4.69, 9.17) is 4.42 Å². The van der Waals surface area contributed by atoms with Crippen molar-refractivity contribution >= 4 is 67.8 Å². The highest BCUT2D eigenvalue weighted by Gasteiger charge is 2.41. The molecule has 1 aromatic heterocycles. The summed E-state index contributed by atoms with van der Waals surface area (Å²) in [5.41, 5.74) is 9.64. The molecular weight excluding hydrogens is 707 g/mol. The lowest BCUT2D eigenvalue weighted by molar-refractivity contribution is 0.669. The number of nitrogens with zero attached hydrogens (tertiary/aromatic N) is 1. The molecule has 10 rings (SSSR count). The summed E-state index contributed by atoms with van der Waals surface area (Å²) in [4.78, 5) is 2.31. The first kappa shape index (κ1) is 34.3. The summed E-state index contributed by atoms with van der Waals surface area (Å²) in [6, 6.07) is 85.7. The third-order valence-corrected chi connectivity index (χ3v) is 16.0. The third kappa shape index (κ3) is 6.25. The second-order valence-electron chi connectivity index (χ2n) is 14.5. The van der Waals surface area contributed by atoms with Gasteiger partial charge in [-0.1, -0.05) is 182 Å². The average molecular weight is 746 g/mol. The van der Waals surface area contributed by atoms with Crippen LogP contribution in [0.2, 0.25) is 0 Å². The maximum atomic E-state index is 6.57. The number of hydrogen-bond acceptors (Lipinski definition) is 2. The molecule has 0 spiro atoms. The highest BCUT2D eigenvalue weighted by atomic mass is 28.3. The predicted octanol–water partition coefficient (Wildman–Crippen LogP) is 11.8. The van der Waals surface area contributed by atoms with Crippen molar-refractivity contribution < 1.29 is 4.42 Å². The molecule has 0 saturated heterocycles. The summed E-state index contributed by atoms with van der Waals surface area (Å²) in [5.74, 6) is 0. The van der Waals surface area contributed by atoms with Crippen LogP contribution in [0, 0.1) is 0 Å². The number of rotatable bonds is 9. The second kappa shape index (κ2) is 14.8. The Balaban J connectivity index is 1.05. The van der Waals surface area contributed by atoms with Crippen molar-refractivity contribution in [2.75, 3.05) is 4.90 Å². The van der Waals surface area contributed by atoms with E-state index < -0.39 is 8.07 Å². The third-order valence-electron chi connectivity index (χ3n) is 11.2. The van der Waals surface area contributed by atoms with Gasteiger partial charge in [-0.25, -0.2) is 0 Å². The lowest BCUT2D eigenvalue weighted by Crippen LogP contribution is -2.74. The minimum absolute atomic E-state index is 0.866. The minimum atomic E-state index is -2.65. The summed E-state index contributed by atoms with van der Waals surface area (Å²) in [6.07, 6.45) is 0. The van der Waals surface area contributed by atoms with Crippen LogP contribution in [-0.2, 0) is 0 Å². The lowest BCUT2D eigenvalue weighted by Gasteiger charge is -2.34. The van der Waals surface area contributed by atoms with Gasteiger partial charge in [-0.05, 0) is 91.5 Å². The molecule has 10 aromatic rings. The number of para-hydroxylation sites is 1. The van der Waals surface area contributed by atoms with Gasteiger partial charge in [-0.2, -0.15) is 0 Å². The van der Waals surface area contributed by atoms with Crippen molar-refractivity contribution in [1.29, 1.82) is 0 Å². The fourth-order valence-electron chi connectivity index (χ4n) is 8.54. The molecule has 1 heterocycles. The van der Waals surface area contributed by atoms with Crippen molar-refractivity contribution in [3.8, 4) is 22.3 Å². The molecule has 0 saturated carbocycles. The van der Waals surface area contributed by atoms with Crippen LogP contribution in [0.5, 0.6) is 0 Å². The van der Waals surface area contributed by atoms with Gasteiger partial charge in [0.25, 0.3) is 0 Å². The lowest BCUT2D eigenvalue weighted by atomic mass is 10.0. The van der Waals surface area contributed by atoms with Gasteiger partial charge in [0, 0.05) is 33.9 Å². The summed E-state index contributed by atoms with van der Waals surface area (Å²) in [5, 5.41) is 7.68. The van der Waals surface area contributed by atoms with Gasteiger partial charge < -0.3 is 9.32 Å². The van der Waals surface area contributed by atoms with E-state index in [-0.39, 0.29) is 0 Å². The normalized spacial score (nSPS) is 11.5. The molecule has 0 unspecified atom stereocenters. The molecule has 0 aliphatic carbocycles. The van der Waals surface area contributed by atoms with E-state index in [9.17, 15) is 0 Å². The van der Waals surface area contributed by atoms with Crippen molar-refractivity contribution in [2.24, 2.45) is 0 Å². The smallest absolute Gasteiger partial charge is 0.179 e. The number of furan rings is 1. The highest BCUT2D eigenvalue weighted by Crippen LogP contribution is 2.39. The molecule has 0 aliphatic heterocycles. The number of hydrogen-bond donors (Lipinski definition) is 0. The quantitative estimate of drug-likeness (QED) is 0.108. The first-order chi connectivity index (χ1) is 28.3. The SMILES string of the molecule is c1ccc(-c2ccc3c(c2)oc2cc(N(c4ccccc4)c4ccc(-c5cccc([Si](c6ccccc6)(c6ccccc6)c6ccccc6)c5)cc4)ccc23)cc1. The zero-order valence-corrected chi connectivity index (χ0v) is 32.4. The fourth-order valence-corrected chi connectivity index (χ4v) is 13.3. The molecule has 0 radical (unpaired) electrons. The zero-order valence-electron chi connectivity index (χ0n) is 31.4. The van der Waals surface area contributed by atoms with E-state index in [1.165, 1.54) is 37.4 Å². The van der Waals surface area contributed by atoms with Crippen LogP contribution >= 0.6 is 0 Å². The van der Waals surface area contributed by atoms with Crippen LogP contribution in [0.25, 0.3) is 44.2 Å². The van der Waals surface area contributed by atoms with Gasteiger partial charge in [-0.3, -0.25) is 0 Å². The van der Waals surface area contributed by atoms with Gasteiger partial charge in [-0.15, -0.1) is 0 Å². The van der Waals surface area contributed by atoms with E-state index >= 15 is 0 Å². The molecule has 0 atom stereocenters. The highest BCUT2D eigenvalue weighted by molar-refractivity contribution is 7.19. The predicted molar refractivity (Wildman–Crippen MR) is 243 cm³/mol. The zero-order chi connectivity index (χ0) is 38.0. The Morgan fingerprint density at radius 1 is 0.281 bits per heavy atom. The van der Waals surface area contributed by atoms with Gasteiger partial charge in [0.1, 0.15) is 11.2 Å². The Labute approximate surface area is 334 Å². The summed E-state index contributed by atoms with van der Waals surface area (Å²) < 4.78 is 6.57. The Morgan fingerprint density at radius 3 is 1.28 bits per heavy atom. The minimum Gasteiger partial charge on any atom is -0.456 e. The standard InChI is InChI=1S/C54H39NOSi/c1-6-17-40(18-7-1)43-31-35-51-52-36-34-46(39-54(52)56-53(51)38-43)55(44-20-8-2-9-21-44)45-32-29-41(30-33-45)42-19-16-28-50(37-42)57(47-22-10-3-11-23-47,48-24-12-4-13-25-48)49-26-14-5-15-27-49/h1-39H. The van der Waals surface area contributed by atoms with Crippen LogP contribution in [0.4, 0.5) is 17.1 Å². The molecule has 9 aromatic carbocycles. The topological polar surface area (TPSA) is 16.4 Å². The Morgan fingerprint density at radius 2 is 0.684 bits per heavy atom. The Hall–Kier alpha value is -7.20. The molecule has 0 fully saturated rings. The molecule has 0 N–H and O–H groups in total. The number of anilines is 3. The molecule has 0 amide bonds. The van der Waals surface area contributed by atoms with Crippen LogP contribution in [0.3, 0.4) is 0 Å². The Kier molecular flexibility index (Phi) is 8.90. The van der Waals surface area contributed by atoms with Crippen molar-refractivity contribution in [3.63, 3.8) is 0 Å². The van der Waals surface area contributed by atoms with Gasteiger partial charge >= 0.3 is 0 Å². The van der Waals surface area contributed by atoms with Crippen LogP contribution in [-0.4, -0.2) is 8.07 Å². The van der Waals surface area contributed by atoms with Gasteiger partial charge in [0.2, 0.25) is 0 Å². The number of fused-ring (bicyclic) bond motifs is 3. The van der Waals surface area contributed by atoms with Gasteiger partial charge in [0.05, 0.1) is 0 Å². The first-order valence-electron chi connectivity index (χ1n) is 19.5. The van der Waals surface area contributed by atoms with E-state index in [1.54, 1.807) is 0 Å². The molecule has 0 aliphatic rings. The van der Waals surface area contributed by atoms with E-state index in [0.29, 0.717) is 0 Å².